The Labute approximate surface area is 96.9 Å². The fourth-order valence-electron chi connectivity index (χ4n) is 1.76. The van der Waals surface area contributed by atoms with E-state index in [1.165, 1.54) is 11.6 Å². The van der Waals surface area contributed by atoms with Gasteiger partial charge in [-0.25, -0.2) is 4.79 Å². The van der Waals surface area contributed by atoms with Crippen molar-refractivity contribution in [1.82, 2.24) is 0 Å². The Hall–Kier alpha value is -1.57. The number of hydrogen-bond donors (Lipinski definition) is 0. The summed E-state index contributed by atoms with van der Waals surface area (Å²) in [5.74, 6) is 0.265. The van der Waals surface area contributed by atoms with E-state index in [4.69, 9.17) is 4.74 Å². The van der Waals surface area contributed by atoms with Crippen LogP contribution in [0.2, 0.25) is 0 Å². The second-order valence-electron chi connectivity index (χ2n) is 3.62. The van der Waals surface area contributed by atoms with Crippen LogP contribution in [0, 0.1) is 0 Å². The van der Waals surface area contributed by atoms with Gasteiger partial charge >= 0.3 is 5.97 Å². The SMILES string of the molecule is C=CC(=O)Oc1cccc(CCC)c1CC. The summed E-state index contributed by atoms with van der Waals surface area (Å²) in [5, 5.41) is 0. The highest BCUT2D eigenvalue weighted by molar-refractivity contribution is 5.83. The van der Waals surface area contributed by atoms with E-state index in [1.807, 2.05) is 12.1 Å². The first-order valence-electron chi connectivity index (χ1n) is 5.67. The monoisotopic (exact) mass is 218 g/mol. The molecule has 1 rings (SSSR count). The van der Waals surface area contributed by atoms with Crippen LogP contribution < -0.4 is 4.74 Å². The summed E-state index contributed by atoms with van der Waals surface area (Å²) in [7, 11) is 0. The first kappa shape index (κ1) is 12.5. The summed E-state index contributed by atoms with van der Waals surface area (Å²) >= 11 is 0. The summed E-state index contributed by atoms with van der Waals surface area (Å²) in [6, 6.07) is 5.85. The van der Waals surface area contributed by atoms with Gasteiger partial charge in [-0.15, -0.1) is 0 Å². The predicted molar refractivity (Wildman–Crippen MR) is 65.6 cm³/mol. The molecule has 0 aliphatic rings. The number of rotatable bonds is 5. The van der Waals surface area contributed by atoms with Gasteiger partial charge in [0.25, 0.3) is 0 Å². The second-order valence-corrected chi connectivity index (χ2v) is 3.62. The van der Waals surface area contributed by atoms with Crippen molar-refractivity contribution in [1.29, 1.82) is 0 Å². The van der Waals surface area contributed by atoms with Crippen LogP contribution in [0.5, 0.6) is 5.75 Å². The quantitative estimate of drug-likeness (QED) is 0.430. The standard InChI is InChI=1S/C14H18O2/c1-4-8-11-9-7-10-13(12(11)5-2)16-14(15)6-3/h6-7,9-10H,3-5,8H2,1-2H3. The lowest BCUT2D eigenvalue weighted by Gasteiger charge is -2.12. The van der Waals surface area contributed by atoms with Crippen LogP contribution in [0.25, 0.3) is 0 Å². The number of esters is 1. The lowest BCUT2D eigenvalue weighted by molar-refractivity contribution is -0.129. The molecule has 2 nitrogen and oxygen atoms in total. The fraction of sp³-hybridized carbons (Fsp3) is 0.357. The molecule has 0 atom stereocenters. The van der Waals surface area contributed by atoms with Gasteiger partial charge in [0.1, 0.15) is 5.75 Å². The smallest absolute Gasteiger partial charge is 0.335 e. The lowest BCUT2D eigenvalue weighted by atomic mass is 10.0. The molecule has 0 amide bonds. The molecule has 0 spiro atoms. The summed E-state index contributed by atoms with van der Waals surface area (Å²) in [5.41, 5.74) is 2.39. The van der Waals surface area contributed by atoms with Crippen LogP contribution in [0.15, 0.2) is 30.9 Å². The van der Waals surface area contributed by atoms with Gasteiger partial charge in [0.15, 0.2) is 0 Å². The fourth-order valence-corrected chi connectivity index (χ4v) is 1.76. The minimum atomic E-state index is -0.400. The molecule has 0 radical (unpaired) electrons. The van der Waals surface area contributed by atoms with Crippen molar-refractivity contribution in [2.24, 2.45) is 0 Å². The Morgan fingerprint density at radius 1 is 1.44 bits per heavy atom. The Morgan fingerprint density at radius 2 is 2.19 bits per heavy atom. The van der Waals surface area contributed by atoms with Gasteiger partial charge in [-0.1, -0.05) is 39.0 Å². The molecule has 0 unspecified atom stereocenters. The maximum Gasteiger partial charge on any atom is 0.335 e. The van der Waals surface area contributed by atoms with Gasteiger partial charge in [-0.05, 0) is 30.0 Å². The normalized spacial score (nSPS) is 9.88. The summed E-state index contributed by atoms with van der Waals surface area (Å²) in [4.78, 5) is 11.2. The third-order valence-corrected chi connectivity index (χ3v) is 2.48. The first-order valence-corrected chi connectivity index (χ1v) is 5.67. The van der Waals surface area contributed by atoms with E-state index >= 15 is 0 Å². The minimum Gasteiger partial charge on any atom is -0.423 e. The zero-order valence-electron chi connectivity index (χ0n) is 9.95. The molecule has 1 aromatic carbocycles. The summed E-state index contributed by atoms with van der Waals surface area (Å²) in [6.45, 7) is 7.61. The Kier molecular flexibility index (Phi) is 4.77. The molecule has 86 valence electrons. The lowest BCUT2D eigenvalue weighted by Crippen LogP contribution is -2.06. The molecule has 0 saturated heterocycles. The molecule has 0 saturated carbocycles. The maximum absolute atomic E-state index is 11.2. The van der Waals surface area contributed by atoms with Crippen molar-refractivity contribution >= 4 is 5.97 Å². The number of hydrogen-bond acceptors (Lipinski definition) is 2. The molecule has 16 heavy (non-hydrogen) atoms. The second kappa shape index (κ2) is 6.11. The number of carbonyl (C=O) groups is 1. The Balaban J connectivity index is 3.03. The first-order chi connectivity index (χ1) is 7.72. The van der Waals surface area contributed by atoms with Crippen molar-refractivity contribution in [3.63, 3.8) is 0 Å². The van der Waals surface area contributed by atoms with Gasteiger partial charge < -0.3 is 4.74 Å². The van der Waals surface area contributed by atoms with E-state index in [0.29, 0.717) is 5.75 Å². The van der Waals surface area contributed by atoms with Gasteiger partial charge in [-0.3, -0.25) is 0 Å². The van der Waals surface area contributed by atoms with E-state index in [2.05, 4.69) is 26.5 Å². The zero-order chi connectivity index (χ0) is 12.0. The highest BCUT2D eigenvalue weighted by Gasteiger charge is 2.09. The molecule has 0 fully saturated rings. The third kappa shape index (κ3) is 2.96. The summed E-state index contributed by atoms with van der Waals surface area (Å²) < 4.78 is 5.22. The van der Waals surface area contributed by atoms with E-state index < -0.39 is 5.97 Å². The molecule has 0 aliphatic heterocycles. The maximum atomic E-state index is 11.2. The zero-order valence-corrected chi connectivity index (χ0v) is 9.95. The average molecular weight is 218 g/mol. The van der Waals surface area contributed by atoms with Crippen molar-refractivity contribution in [3.8, 4) is 5.75 Å². The molecule has 0 aliphatic carbocycles. The Morgan fingerprint density at radius 3 is 2.75 bits per heavy atom. The van der Waals surface area contributed by atoms with E-state index in [-0.39, 0.29) is 0 Å². The van der Waals surface area contributed by atoms with E-state index in [1.54, 1.807) is 0 Å². The van der Waals surface area contributed by atoms with Crippen molar-refractivity contribution in [2.45, 2.75) is 33.1 Å². The van der Waals surface area contributed by atoms with Gasteiger partial charge in [-0.2, -0.15) is 0 Å². The van der Waals surface area contributed by atoms with Crippen LogP contribution in [0.1, 0.15) is 31.4 Å². The topological polar surface area (TPSA) is 26.3 Å². The molecule has 0 bridgehead atoms. The molecule has 0 N–H and O–H groups in total. The van der Waals surface area contributed by atoms with E-state index in [9.17, 15) is 4.79 Å². The van der Waals surface area contributed by atoms with Crippen LogP contribution in [0.4, 0.5) is 0 Å². The van der Waals surface area contributed by atoms with Crippen LogP contribution in [-0.2, 0) is 17.6 Å². The summed E-state index contributed by atoms with van der Waals surface area (Å²) in [6.07, 6.45) is 4.16. The molecule has 0 heterocycles. The van der Waals surface area contributed by atoms with Crippen LogP contribution in [0.3, 0.4) is 0 Å². The molecule has 2 heteroatoms. The number of aryl methyl sites for hydroxylation is 1. The molecule has 0 aromatic heterocycles. The van der Waals surface area contributed by atoms with Crippen molar-refractivity contribution in [2.75, 3.05) is 0 Å². The predicted octanol–water partition coefficient (Wildman–Crippen LogP) is 3.29. The van der Waals surface area contributed by atoms with E-state index in [0.717, 1.165) is 24.8 Å². The van der Waals surface area contributed by atoms with Gasteiger partial charge in [0.2, 0.25) is 0 Å². The van der Waals surface area contributed by atoms with Crippen LogP contribution >= 0.6 is 0 Å². The van der Waals surface area contributed by atoms with Gasteiger partial charge in [0, 0.05) is 6.08 Å². The highest BCUT2D eigenvalue weighted by atomic mass is 16.5. The number of carbonyl (C=O) groups excluding carboxylic acids is 1. The minimum absolute atomic E-state index is 0.400. The molecule has 1 aromatic rings. The number of ether oxygens (including phenoxy) is 1. The Bertz CT molecular complexity index is 380. The molecular formula is C14H18O2. The van der Waals surface area contributed by atoms with Crippen molar-refractivity contribution in [3.05, 3.63) is 42.0 Å². The van der Waals surface area contributed by atoms with Gasteiger partial charge in [0.05, 0.1) is 0 Å². The van der Waals surface area contributed by atoms with Crippen LogP contribution in [-0.4, -0.2) is 5.97 Å². The molecular weight excluding hydrogens is 200 g/mol. The average Bonchev–Trinajstić information content (AvgIpc) is 2.29. The number of benzene rings is 1. The third-order valence-electron chi connectivity index (χ3n) is 2.48. The largest absolute Gasteiger partial charge is 0.423 e. The van der Waals surface area contributed by atoms with Crippen molar-refractivity contribution < 1.29 is 9.53 Å². The highest BCUT2D eigenvalue weighted by Crippen LogP contribution is 2.24.